The highest BCUT2D eigenvalue weighted by molar-refractivity contribution is 7.89. The molecule has 0 atom stereocenters. The number of hydrogen-bond donors (Lipinski definition) is 1. The Labute approximate surface area is 127 Å². The lowest BCUT2D eigenvalue weighted by Crippen LogP contribution is -2.46. The molecule has 116 valence electrons. The first kappa shape index (κ1) is 17.4. The van der Waals surface area contributed by atoms with Crippen molar-refractivity contribution >= 4 is 22.4 Å². The van der Waals surface area contributed by atoms with Gasteiger partial charge in [0.2, 0.25) is 0 Å². The lowest BCUT2D eigenvalue weighted by atomic mass is 10.1. The van der Waals surface area contributed by atoms with E-state index in [9.17, 15) is 8.42 Å². The van der Waals surface area contributed by atoms with Crippen molar-refractivity contribution in [3.63, 3.8) is 0 Å². The molecule has 8 heteroatoms. The van der Waals surface area contributed by atoms with Crippen molar-refractivity contribution in [2.24, 2.45) is 7.05 Å². The van der Waals surface area contributed by atoms with Crippen LogP contribution in [0.5, 0.6) is 0 Å². The smallest absolute Gasteiger partial charge is 0.262 e. The topological polar surface area (TPSA) is 67.2 Å². The molecule has 0 saturated carbocycles. The molecule has 1 aromatic rings. The number of piperidine rings is 1. The van der Waals surface area contributed by atoms with Gasteiger partial charge in [-0.1, -0.05) is 6.92 Å². The van der Waals surface area contributed by atoms with Gasteiger partial charge in [-0.2, -0.15) is 4.31 Å². The van der Waals surface area contributed by atoms with E-state index in [1.165, 1.54) is 6.33 Å². The quantitative estimate of drug-likeness (QED) is 0.878. The van der Waals surface area contributed by atoms with E-state index in [-0.39, 0.29) is 23.5 Å². The minimum absolute atomic E-state index is 0. The highest BCUT2D eigenvalue weighted by Crippen LogP contribution is 2.21. The number of aromatic nitrogens is 2. The van der Waals surface area contributed by atoms with Crippen LogP contribution in [0.2, 0.25) is 0 Å². The van der Waals surface area contributed by atoms with E-state index >= 15 is 0 Å². The third-order valence-corrected chi connectivity index (χ3v) is 5.25. The Morgan fingerprint density at radius 1 is 1.45 bits per heavy atom. The van der Waals surface area contributed by atoms with Crippen molar-refractivity contribution in [2.45, 2.75) is 37.3 Å². The minimum atomic E-state index is -3.47. The van der Waals surface area contributed by atoms with Crippen LogP contribution in [-0.2, 0) is 17.1 Å². The van der Waals surface area contributed by atoms with E-state index in [1.807, 2.05) is 6.92 Å². The predicted octanol–water partition coefficient (Wildman–Crippen LogP) is 0.995. The molecule has 1 fully saturated rings. The molecule has 20 heavy (non-hydrogen) atoms. The standard InChI is InChI=1S/C12H22N4O2S.ClH/c1-3-8-16(11-4-6-13-7-5-11)19(17,18)12-9-15(2)10-14-12;/h9-11,13H,3-8H2,1-2H3;1H. The third-order valence-electron chi connectivity index (χ3n) is 3.41. The zero-order chi connectivity index (χ0) is 13.9. The molecule has 1 aliphatic rings. The highest BCUT2D eigenvalue weighted by Gasteiger charge is 2.32. The Hall–Kier alpha value is -0.630. The molecule has 0 aliphatic carbocycles. The van der Waals surface area contributed by atoms with Gasteiger partial charge in [0.05, 0.1) is 6.33 Å². The van der Waals surface area contributed by atoms with E-state index in [0.29, 0.717) is 6.54 Å². The van der Waals surface area contributed by atoms with Gasteiger partial charge in [0.15, 0.2) is 5.03 Å². The minimum Gasteiger partial charge on any atom is -0.339 e. The molecule has 1 aliphatic heterocycles. The van der Waals surface area contributed by atoms with E-state index in [1.54, 1.807) is 22.1 Å². The van der Waals surface area contributed by atoms with Gasteiger partial charge in [0.25, 0.3) is 10.0 Å². The normalized spacial score (nSPS) is 17.1. The van der Waals surface area contributed by atoms with Crippen molar-refractivity contribution < 1.29 is 8.42 Å². The fraction of sp³-hybridized carbons (Fsp3) is 0.750. The second-order valence-corrected chi connectivity index (χ2v) is 6.81. The van der Waals surface area contributed by atoms with Crippen molar-refractivity contribution in [3.05, 3.63) is 12.5 Å². The van der Waals surface area contributed by atoms with Gasteiger partial charge in [0, 0.05) is 25.8 Å². The number of imidazole rings is 1. The molecule has 1 N–H and O–H groups in total. The summed E-state index contributed by atoms with van der Waals surface area (Å²) < 4.78 is 28.6. The summed E-state index contributed by atoms with van der Waals surface area (Å²) >= 11 is 0. The summed E-state index contributed by atoms with van der Waals surface area (Å²) in [7, 11) is -1.69. The molecule has 0 bridgehead atoms. The van der Waals surface area contributed by atoms with E-state index in [0.717, 1.165) is 32.4 Å². The highest BCUT2D eigenvalue weighted by atomic mass is 35.5. The van der Waals surface area contributed by atoms with Crippen LogP contribution in [0.25, 0.3) is 0 Å². The molecular formula is C12H23ClN4O2S. The van der Waals surface area contributed by atoms with Crippen LogP contribution in [0.3, 0.4) is 0 Å². The van der Waals surface area contributed by atoms with E-state index < -0.39 is 10.0 Å². The van der Waals surface area contributed by atoms with Crippen LogP contribution in [0.15, 0.2) is 17.6 Å². The van der Waals surface area contributed by atoms with Gasteiger partial charge < -0.3 is 9.88 Å². The number of nitrogens with zero attached hydrogens (tertiary/aromatic N) is 3. The SMILES string of the molecule is CCCN(C1CCNCC1)S(=O)(=O)c1cn(C)cn1.Cl. The fourth-order valence-corrected chi connectivity index (χ4v) is 4.20. The summed E-state index contributed by atoms with van der Waals surface area (Å²) in [5, 5.41) is 3.42. The zero-order valence-electron chi connectivity index (χ0n) is 11.9. The van der Waals surface area contributed by atoms with Crippen LogP contribution < -0.4 is 5.32 Å². The molecule has 0 radical (unpaired) electrons. The Bertz CT molecular complexity index is 511. The van der Waals surface area contributed by atoms with E-state index in [2.05, 4.69) is 10.3 Å². The van der Waals surface area contributed by atoms with Gasteiger partial charge in [-0.25, -0.2) is 13.4 Å². The molecule has 2 rings (SSSR count). The molecule has 0 aromatic carbocycles. The summed E-state index contributed by atoms with van der Waals surface area (Å²) in [5.74, 6) is 0. The number of nitrogens with one attached hydrogen (secondary N) is 1. The lowest BCUT2D eigenvalue weighted by Gasteiger charge is -2.32. The average Bonchev–Trinajstić information content (AvgIpc) is 2.84. The number of sulfonamides is 1. The maximum Gasteiger partial charge on any atom is 0.262 e. The van der Waals surface area contributed by atoms with Crippen LogP contribution >= 0.6 is 12.4 Å². The molecule has 1 saturated heterocycles. The predicted molar refractivity (Wildman–Crippen MR) is 80.5 cm³/mol. The molecule has 0 amide bonds. The monoisotopic (exact) mass is 322 g/mol. The van der Waals surface area contributed by atoms with Crippen LogP contribution in [0.4, 0.5) is 0 Å². The van der Waals surface area contributed by atoms with Gasteiger partial charge >= 0.3 is 0 Å². The fourth-order valence-electron chi connectivity index (χ4n) is 2.46. The van der Waals surface area contributed by atoms with Gasteiger partial charge in [-0.05, 0) is 32.4 Å². The molecule has 1 aromatic heterocycles. The maximum atomic E-state index is 12.7. The number of halogens is 1. The summed E-state index contributed by atoms with van der Waals surface area (Å²) in [5.41, 5.74) is 0. The molecule has 2 heterocycles. The first-order chi connectivity index (χ1) is 9.05. The van der Waals surface area contributed by atoms with Crippen molar-refractivity contribution in [3.8, 4) is 0 Å². The maximum absolute atomic E-state index is 12.7. The Morgan fingerprint density at radius 2 is 2.10 bits per heavy atom. The number of rotatable bonds is 5. The number of aryl methyl sites for hydroxylation is 1. The van der Waals surface area contributed by atoms with Crippen molar-refractivity contribution in [1.29, 1.82) is 0 Å². The van der Waals surface area contributed by atoms with Crippen molar-refractivity contribution in [1.82, 2.24) is 19.2 Å². The Morgan fingerprint density at radius 3 is 2.60 bits per heavy atom. The van der Waals surface area contributed by atoms with Gasteiger partial charge in [-0.15, -0.1) is 12.4 Å². The van der Waals surface area contributed by atoms with Crippen LogP contribution in [0, 0.1) is 0 Å². The van der Waals surface area contributed by atoms with E-state index in [4.69, 9.17) is 0 Å². The summed E-state index contributed by atoms with van der Waals surface area (Å²) in [4.78, 5) is 4.00. The van der Waals surface area contributed by atoms with Crippen molar-refractivity contribution in [2.75, 3.05) is 19.6 Å². The second-order valence-electron chi connectivity index (χ2n) is 4.97. The third kappa shape index (κ3) is 3.72. The van der Waals surface area contributed by atoms with Crippen LogP contribution in [-0.4, -0.2) is 48.0 Å². The zero-order valence-corrected chi connectivity index (χ0v) is 13.6. The first-order valence-electron chi connectivity index (χ1n) is 6.76. The Kier molecular flexibility index (Phi) is 6.44. The number of hydrogen-bond acceptors (Lipinski definition) is 4. The molecule has 6 nitrogen and oxygen atoms in total. The second kappa shape index (κ2) is 7.40. The summed E-state index contributed by atoms with van der Waals surface area (Å²) in [6, 6.07) is 0.0909. The average molecular weight is 323 g/mol. The summed E-state index contributed by atoms with van der Waals surface area (Å²) in [6.45, 7) is 4.32. The Balaban J connectivity index is 0.00000200. The first-order valence-corrected chi connectivity index (χ1v) is 8.20. The summed E-state index contributed by atoms with van der Waals surface area (Å²) in [6.07, 6.45) is 5.65. The molecular weight excluding hydrogens is 300 g/mol. The lowest BCUT2D eigenvalue weighted by molar-refractivity contribution is 0.261. The largest absolute Gasteiger partial charge is 0.339 e. The van der Waals surface area contributed by atoms with Crippen LogP contribution in [0.1, 0.15) is 26.2 Å². The molecule has 0 spiro atoms. The van der Waals surface area contributed by atoms with Gasteiger partial charge in [-0.3, -0.25) is 0 Å². The molecule has 0 unspecified atom stereocenters. The van der Waals surface area contributed by atoms with Gasteiger partial charge in [0.1, 0.15) is 0 Å².